The van der Waals surface area contributed by atoms with Crippen LogP contribution in [0.1, 0.15) is 27.4 Å². The van der Waals surface area contributed by atoms with Crippen molar-refractivity contribution in [3.8, 4) is 16.9 Å². The van der Waals surface area contributed by atoms with E-state index in [4.69, 9.17) is 9.15 Å². The number of amides is 1. The summed E-state index contributed by atoms with van der Waals surface area (Å²) in [6.07, 6.45) is -2.50. The number of fused-ring (bicyclic) bond motifs is 3. The number of nitrogens with one attached hydrogen (secondary N) is 1. The van der Waals surface area contributed by atoms with Crippen molar-refractivity contribution in [2.75, 3.05) is 20.3 Å². The summed E-state index contributed by atoms with van der Waals surface area (Å²) in [5, 5.41) is 6.57. The Labute approximate surface area is 164 Å². The lowest BCUT2D eigenvalue weighted by atomic mass is 9.94. The van der Waals surface area contributed by atoms with Crippen LogP contribution in [0.5, 0.6) is 0 Å². The molecule has 0 bridgehead atoms. The zero-order valence-corrected chi connectivity index (χ0v) is 15.5. The van der Waals surface area contributed by atoms with Crippen molar-refractivity contribution in [2.24, 2.45) is 0 Å². The van der Waals surface area contributed by atoms with Crippen LogP contribution in [0, 0.1) is 0 Å². The topological polar surface area (TPSA) is 69.3 Å². The van der Waals surface area contributed by atoms with Crippen molar-refractivity contribution in [3.05, 3.63) is 59.2 Å². The monoisotopic (exact) mass is 405 g/mol. The van der Waals surface area contributed by atoms with Crippen molar-refractivity contribution in [2.45, 2.75) is 19.0 Å². The molecule has 0 radical (unpaired) electrons. The second kappa shape index (κ2) is 7.40. The Morgan fingerprint density at radius 1 is 1.24 bits per heavy atom. The van der Waals surface area contributed by atoms with Gasteiger partial charge in [0.05, 0.1) is 24.3 Å². The molecule has 0 saturated heterocycles. The van der Waals surface area contributed by atoms with E-state index in [1.165, 1.54) is 18.1 Å². The smallest absolute Gasteiger partial charge is 0.435 e. The van der Waals surface area contributed by atoms with E-state index in [0.717, 1.165) is 0 Å². The molecule has 6 nitrogen and oxygen atoms in total. The third-order valence-electron chi connectivity index (χ3n) is 4.82. The first-order valence-electron chi connectivity index (χ1n) is 9.03. The molecular formula is C20H18F3N3O3. The van der Waals surface area contributed by atoms with Gasteiger partial charge in [-0.05, 0) is 36.8 Å². The molecule has 0 unspecified atom stereocenters. The van der Waals surface area contributed by atoms with Crippen LogP contribution in [-0.2, 0) is 23.8 Å². The van der Waals surface area contributed by atoms with Crippen LogP contribution < -0.4 is 5.32 Å². The van der Waals surface area contributed by atoms with Gasteiger partial charge in [-0.25, -0.2) is 4.68 Å². The van der Waals surface area contributed by atoms with Crippen LogP contribution in [0.15, 0.2) is 41.0 Å². The van der Waals surface area contributed by atoms with Gasteiger partial charge >= 0.3 is 6.18 Å². The number of aryl methyl sites for hydroxylation is 1. The molecule has 2 heterocycles. The summed E-state index contributed by atoms with van der Waals surface area (Å²) in [7, 11) is 1.53. The molecule has 1 aliphatic carbocycles. The van der Waals surface area contributed by atoms with Crippen LogP contribution in [0.4, 0.5) is 13.2 Å². The van der Waals surface area contributed by atoms with E-state index in [1.807, 2.05) is 0 Å². The number of carbonyl (C=O) groups excluding carboxylic acids is 1. The van der Waals surface area contributed by atoms with Crippen LogP contribution in [0.2, 0.25) is 0 Å². The lowest BCUT2D eigenvalue weighted by molar-refractivity contribution is -0.142. The number of furan rings is 1. The maximum atomic E-state index is 13.6. The maximum Gasteiger partial charge on any atom is 0.435 e. The zero-order chi connectivity index (χ0) is 20.6. The molecule has 3 aromatic rings. The van der Waals surface area contributed by atoms with E-state index in [9.17, 15) is 18.0 Å². The highest BCUT2D eigenvalue weighted by Crippen LogP contribution is 2.42. The van der Waals surface area contributed by atoms with Gasteiger partial charge in [0.2, 0.25) is 0 Å². The fraction of sp³-hybridized carbons (Fsp3) is 0.300. The first-order valence-corrected chi connectivity index (χ1v) is 9.03. The third-order valence-corrected chi connectivity index (χ3v) is 4.82. The van der Waals surface area contributed by atoms with Crippen LogP contribution >= 0.6 is 0 Å². The Morgan fingerprint density at radius 3 is 2.69 bits per heavy atom. The summed E-state index contributed by atoms with van der Waals surface area (Å²) < 4.78 is 52.3. The molecular weight excluding hydrogens is 387 g/mol. The summed E-state index contributed by atoms with van der Waals surface area (Å²) >= 11 is 0. The summed E-state index contributed by atoms with van der Waals surface area (Å²) in [6.45, 7) is 0.748. The summed E-state index contributed by atoms with van der Waals surface area (Å²) in [5.74, 6) is 0.353. The van der Waals surface area contributed by atoms with Gasteiger partial charge < -0.3 is 14.5 Å². The van der Waals surface area contributed by atoms with Crippen molar-refractivity contribution in [3.63, 3.8) is 0 Å². The average Bonchev–Trinajstić information content (AvgIpc) is 3.32. The SMILES string of the molecule is COCCNC(=O)c1ccc(-n2nc(C(F)(F)F)c3c2-c2ccoc2CC3)cc1. The second-order valence-electron chi connectivity index (χ2n) is 6.64. The quantitative estimate of drug-likeness (QED) is 0.659. The predicted molar refractivity (Wildman–Crippen MR) is 97.9 cm³/mol. The van der Waals surface area contributed by atoms with E-state index in [2.05, 4.69) is 10.4 Å². The fourth-order valence-corrected chi connectivity index (χ4v) is 3.48. The van der Waals surface area contributed by atoms with Crippen LogP contribution in [0.3, 0.4) is 0 Å². The first kappa shape index (κ1) is 19.3. The lowest BCUT2D eigenvalue weighted by Gasteiger charge is -2.15. The largest absolute Gasteiger partial charge is 0.469 e. The van der Waals surface area contributed by atoms with E-state index in [0.29, 0.717) is 47.8 Å². The number of carbonyl (C=O) groups is 1. The Bertz CT molecular complexity index is 1040. The number of benzene rings is 1. The molecule has 152 valence electrons. The minimum absolute atomic E-state index is 0.160. The maximum absolute atomic E-state index is 13.6. The lowest BCUT2D eigenvalue weighted by Crippen LogP contribution is -2.26. The van der Waals surface area contributed by atoms with Gasteiger partial charge in [0, 0.05) is 36.8 Å². The van der Waals surface area contributed by atoms with Gasteiger partial charge in [-0.3, -0.25) is 4.79 Å². The highest BCUT2D eigenvalue weighted by atomic mass is 19.4. The van der Waals surface area contributed by atoms with E-state index >= 15 is 0 Å². The van der Waals surface area contributed by atoms with E-state index < -0.39 is 11.9 Å². The van der Waals surface area contributed by atoms with Crippen molar-refractivity contribution >= 4 is 5.91 Å². The first-order chi connectivity index (χ1) is 13.9. The predicted octanol–water partition coefficient (Wildman–Crippen LogP) is 3.63. The zero-order valence-electron chi connectivity index (χ0n) is 15.5. The number of methoxy groups -OCH3 is 1. The molecule has 1 N–H and O–H groups in total. The Hall–Kier alpha value is -3.07. The van der Waals surface area contributed by atoms with Gasteiger partial charge in [0.15, 0.2) is 5.69 Å². The van der Waals surface area contributed by atoms with Gasteiger partial charge in [-0.2, -0.15) is 18.3 Å². The van der Waals surface area contributed by atoms with Crippen molar-refractivity contribution in [1.82, 2.24) is 15.1 Å². The number of hydrogen-bond donors (Lipinski definition) is 1. The molecule has 0 spiro atoms. The van der Waals surface area contributed by atoms with Crippen molar-refractivity contribution < 1.29 is 27.1 Å². The van der Waals surface area contributed by atoms with Crippen molar-refractivity contribution in [1.29, 1.82) is 0 Å². The molecule has 0 aliphatic heterocycles. The van der Waals surface area contributed by atoms with Gasteiger partial charge in [-0.1, -0.05) is 0 Å². The Morgan fingerprint density at radius 2 is 2.00 bits per heavy atom. The second-order valence-corrected chi connectivity index (χ2v) is 6.64. The molecule has 0 saturated carbocycles. The Kier molecular flexibility index (Phi) is 4.91. The molecule has 0 atom stereocenters. The summed E-state index contributed by atoms with van der Waals surface area (Å²) in [5.41, 5.74) is 1.08. The number of halogens is 3. The minimum atomic E-state index is -4.56. The van der Waals surface area contributed by atoms with Crippen LogP contribution in [-0.4, -0.2) is 35.9 Å². The standard InChI is InChI=1S/C20H18F3N3O3/c1-28-11-9-24-19(27)12-2-4-13(5-3-12)26-17-14-8-10-29-16(14)7-6-15(17)18(25-26)20(21,22)23/h2-5,8,10H,6-7,9,11H2,1H3,(H,24,27). The normalized spacial score (nSPS) is 13.1. The molecule has 1 aromatic carbocycles. The summed E-state index contributed by atoms with van der Waals surface area (Å²) in [4.78, 5) is 12.1. The molecule has 29 heavy (non-hydrogen) atoms. The minimum Gasteiger partial charge on any atom is -0.469 e. The van der Waals surface area contributed by atoms with Gasteiger partial charge in [0.25, 0.3) is 5.91 Å². The molecule has 2 aromatic heterocycles. The highest BCUT2D eigenvalue weighted by molar-refractivity contribution is 5.94. The number of hydrogen-bond acceptors (Lipinski definition) is 4. The molecule has 9 heteroatoms. The fourth-order valence-electron chi connectivity index (χ4n) is 3.48. The van der Waals surface area contributed by atoms with E-state index in [1.54, 1.807) is 30.3 Å². The number of nitrogens with zero attached hydrogens (tertiary/aromatic N) is 2. The average molecular weight is 405 g/mol. The molecule has 1 aliphatic rings. The third kappa shape index (κ3) is 3.53. The Balaban J connectivity index is 1.73. The molecule has 4 rings (SSSR count). The highest BCUT2D eigenvalue weighted by Gasteiger charge is 2.41. The number of alkyl halides is 3. The van der Waals surface area contributed by atoms with Gasteiger partial charge in [-0.15, -0.1) is 0 Å². The van der Waals surface area contributed by atoms with E-state index in [-0.39, 0.29) is 17.9 Å². The number of aromatic nitrogens is 2. The van der Waals surface area contributed by atoms with Gasteiger partial charge in [0.1, 0.15) is 5.76 Å². The summed E-state index contributed by atoms with van der Waals surface area (Å²) in [6, 6.07) is 7.92. The van der Waals surface area contributed by atoms with Crippen LogP contribution in [0.25, 0.3) is 16.9 Å². The number of rotatable bonds is 5. The molecule has 1 amide bonds. The molecule has 0 fully saturated rings. The number of ether oxygens (including phenoxy) is 1.